The Labute approximate surface area is 99.9 Å². The molecule has 0 atom stereocenters. The number of pyridine rings is 1. The van der Waals surface area contributed by atoms with Crippen LogP contribution in [-0.2, 0) is 0 Å². The quantitative estimate of drug-likeness (QED) is 0.915. The molecule has 0 aliphatic rings. The number of nitrogens with zero attached hydrogens (tertiary/aromatic N) is 3. The molecule has 0 bridgehead atoms. The lowest BCUT2D eigenvalue weighted by Crippen LogP contribution is -2.03. The van der Waals surface area contributed by atoms with Gasteiger partial charge in [-0.1, -0.05) is 0 Å². The molecule has 2 heterocycles. The van der Waals surface area contributed by atoms with Crippen LogP contribution in [0, 0.1) is 6.92 Å². The van der Waals surface area contributed by atoms with Gasteiger partial charge in [-0.05, 0) is 34.5 Å². The van der Waals surface area contributed by atoms with E-state index >= 15 is 0 Å². The van der Waals surface area contributed by atoms with E-state index in [1.165, 1.54) is 10.7 Å². The van der Waals surface area contributed by atoms with Crippen LogP contribution in [0.15, 0.2) is 29.1 Å². The lowest BCUT2D eigenvalue weighted by atomic mass is 10.2. The van der Waals surface area contributed by atoms with Crippen LogP contribution in [0.25, 0.3) is 5.69 Å². The van der Waals surface area contributed by atoms with Crippen LogP contribution in [0.2, 0.25) is 0 Å². The Bertz CT molecular complexity index is 551. The van der Waals surface area contributed by atoms with Crippen LogP contribution in [0.4, 0.5) is 0 Å². The summed E-state index contributed by atoms with van der Waals surface area (Å²) < 4.78 is 2.36. The highest BCUT2D eigenvalue weighted by atomic mass is 79.9. The summed E-state index contributed by atoms with van der Waals surface area (Å²) in [4.78, 5) is 14.7. The Morgan fingerprint density at radius 3 is 2.88 bits per heavy atom. The number of carboxylic acid groups (broad SMARTS) is 1. The third-order valence-corrected chi connectivity index (χ3v) is 2.98. The van der Waals surface area contributed by atoms with Gasteiger partial charge in [0, 0.05) is 16.9 Å². The molecule has 16 heavy (non-hydrogen) atoms. The molecule has 6 heteroatoms. The van der Waals surface area contributed by atoms with Crippen molar-refractivity contribution in [3.8, 4) is 5.69 Å². The molecule has 1 N–H and O–H groups in total. The van der Waals surface area contributed by atoms with Crippen molar-refractivity contribution in [3.05, 3.63) is 40.4 Å². The summed E-state index contributed by atoms with van der Waals surface area (Å²) in [6.45, 7) is 1.91. The number of rotatable bonds is 2. The molecule has 0 saturated heterocycles. The molecule has 5 nitrogen and oxygen atoms in total. The number of hydrogen-bond acceptors (Lipinski definition) is 3. The maximum atomic E-state index is 10.7. The zero-order valence-electron chi connectivity index (χ0n) is 8.38. The van der Waals surface area contributed by atoms with Gasteiger partial charge in [0.15, 0.2) is 5.69 Å². The van der Waals surface area contributed by atoms with Crippen molar-refractivity contribution in [3.63, 3.8) is 0 Å². The smallest absolute Gasteiger partial charge is 0.356 e. The Kier molecular flexibility index (Phi) is 2.74. The van der Waals surface area contributed by atoms with Gasteiger partial charge in [0.1, 0.15) is 0 Å². The Hall–Kier alpha value is -1.69. The van der Waals surface area contributed by atoms with Crippen molar-refractivity contribution in [2.45, 2.75) is 6.92 Å². The average Bonchev–Trinajstić information content (AvgIpc) is 2.71. The van der Waals surface area contributed by atoms with Gasteiger partial charge in [0.25, 0.3) is 0 Å². The van der Waals surface area contributed by atoms with Crippen LogP contribution in [0.5, 0.6) is 0 Å². The summed E-state index contributed by atoms with van der Waals surface area (Å²) in [7, 11) is 0. The van der Waals surface area contributed by atoms with E-state index < -0.39 is 5.97 Å². The molecule has 0 aromatic carbocycles. The fraction of sp³-hybridized carbons (Fsp3) is 0.100. The van der Waals surface area contributed by atoms with Gasteiger partial charge >= 0.3 is 5.97 Å². The van der Waals surface area contributed by atoms with Gasteiger partial charge in [-0.3, -0.25) is 4.98 Å². The minimum Gasteiger partial charge on any atom is -0.476 e. The molecule has 2 rings (SSSR count). The number of aromatic nitrogens is 3. The molecule has 0 amide bonds. The minimum absolute atomic E-state index is 0.0133. The Morgan fingerprint density at radius 1 is 1.50 bits per heavy atom. The first-order valence-electron chi connectivity index (χ1n) is 4.49. The lowest BCUT2D eigenvalue weighted by Gasteiger charge is -2.05. The van der Waals surface area contributed by atoms with Crippen molar-refractivity contribution in [1.29, 1.82) is 0 Å². The van der Waals surface area contributed by atoms with Crippen molar-refractivity contribution in [2.75, 3.05) is 0 Å². The highest BCUT2D eigenvalue weighted by molar-refractivity contribution is 9.10. The van der Waals surface area contributed by atoms with E-state index in [1.54, 1.807) is 18.6 Å². The summed E-state index contributed by atoms with van der Waals surface area (Å²) in [5.41, 5.74) is 1.72. The first-order chi connectivity index (χ1) is 7.59. The zero-order valence-corrected chi connectivity index (χ0v) is 9.97. The van der Waals surface area contributed by atoms with E-state index in [0.717, 1.165) is 15.7 Å². The molecule has 0 saturated carbocycles. The molecule has 2 aromatic heterocycles. The monoisotopic (exact) mass is 281 g/mol. The molecule has 0 unspecified atom stereocenters. The molecule has 0 aliphatic heterocycles. The topological polar surface area (TPSA) is 68.0 Å². The maximum Gasteiger partial charge on any atom is 0.356 e. The van der Waals surface area contributed by atoms with Crippen LogP contribution >= 0.6 is 15.9 Å². The molecule has 2 aromatic rings. The third-order valence-electron chi connectivity index (χ3n) is 2.18. The van der Waals surface area contributed by atoms with Gasteiger partial charge in [-0.25, -0.2) is 9.48 Å². The highest BCUT2D eigenvalue weighted by Gasteiger charge is 2.10. The van der Waals surface area contributed by atoms with Crippen LogP contribution in [0.3, 0.4) is 0 Å². The molecule has 0 aliphatic carbocycles. The van der Waals surface area contributed by atoms with Crippen molar-refractivity contribution in [1.82, 2.24) is 14.8 Å². The fourth-order valence-corrected chi connectivity index (χ4v) is 1.61. The summed E-state index contributed by atoms with van der Waals surface area (Å²) in [5.74, 6) is -1.04. The van der Waals surface area contributed by atoms with Gasteiger partial charge in [0.2, 0.25) is 0 Å². The number of halogens is 1. The second-order valence-corrected chi connectivity index (χ2v) is 4.07. The maximum absolute atomic E-state index is 10.7. The summed E-state index contributed by atoms with van der Waals surface area (Å²) in [5, 5.41) is 12.7. The predicted octanol–water partition coefficient (Wildman–Crippen LogP) is 2.04. The predicted molar refractivity (Wildman–Crippen MR) is 60.8 cm³/mol. The lowest BCUT2D eigenvalue weighted by molar-refractivity contribution is 0.0690. The van der Waals surface area contributed by atoms with Crippen LogP contribution < -0.4 is 0 Å². The van der Waals surface area contributed by atoms with Gasteiger partial charge in [-0.15, -0.1) is 0 Å². The summed E-state index contributed by atoms with van der Waals surface area (Å²) in [6, 6.07) is 1.45. The van der Waals surface area contributed by atoms with E-state index in [2.05, 4.69) is 26.0 Å². The second-order valence-electron chi connectivity index (χ2n) is 3.22. The Balaban J connectivity index is 2.50. The van der Waals surface area contributed by atoms with E-state index in [0.29, 0.717) is 0 Å². The Morgan fingerprint density at radius 2 is 2.25 bits per heavy atom. The molecule has 82 valence electrons. The number of aromatic carboxylic acids is 1. The van der Waals surface area contributed by atoms with Gasteiger partial charge in [0.05, 0.1) is 11.9 Å². The van der Waals surface area contributed by atoms with Crippen molar-refractivity contribution >= 4 is 21.9 Å². The number of hydrogen-bond donors (Lipinski definition) is 1. The van der Waals surface area contributed by atoms with E-state index in [9.17, 15) is 4.79 Å². The minimum atomic E-state index is -1.04. The largest absolute Gasteiger partial charge is 0.476 e. The first-order valence-corrected chi connectivity index (χ1v) is 5.28. The first kappa shape index (κ1) is 10.8. The standard InChI is InChI=1S/C10H8BrN3O2/c1-6-7(11)4-12-5-9(6)14-3-2-8(13-14)10(15)16/h2-5H,1H3,(H,15,16). The third kappa shape index (κ3) is 1.83. The van der Waals surface area contributed by atoms with E-state index in [-0.39, 0.29) is 5.69 Å². The SMILES string of the molecule is Cc1c(Br)cncc1-n1ccc(C(=O)O)n1. The van der Waals surface area contributed by atoms with Gasteiger partial charge in [-0.2, -0.15) is 5.10 Å². The molecule has 0 fully saturated rings. The fourth-order valence-electron chi connectivity index (χ4n) is 1.29. The normalized spacial score (nSPS) is 10.4. The summed E-state index contributed by atoms with van der Waals surface area (Å²) in [6.07, 6.45) is 4.92. The second kappa shape index (κ2) is 4.05. The van der Waals surface area contributed by atoms with Crippen LogP contribution in [-0.4, -0.2) is 25.8 Å². The molecular formula is C10H8BrN3O2. The molecule has 0 radical (unpaired) electrons. The average molecular weight is 282 g/mol. The molecular weight excluding hydrogens is 274 g/mol. The highest BCUT2D eigenvalue weighted by Crippen LogP contribution is 2.20. The van der Waals surface area contributed by atoms with Crippen molar-refractivity contribution in [2.24, 2.45) is 0 Å². The summed E-state index contributed by atoms with van der Waals surface area (Å²) >= 11 is 3.36. The van der Waals surface area contributed by atoms with Gasteiger partial charge < -0.3 is 5.11 Å². The zero-order chi connectivity index (χ0) is 11.7. The number of carbonyl (C=O) groups is 1. The van der Waals surface area contributed by atoms with Crippen LogP contribution in [0.1, 0.15) is 16.1 Å². The van der Waals surface area contributed by atoms with E-state index in [1.807, 2.05) is 6.92 Å². The van der Waals surface area contributed by atoms with E-state index in [4.69, 9.17) is 5.11 Å². The van der Waals surface area contributed by atoms with Crippen molar-refractivity contribution < 1.29 is 9.90 Å². The number of carboxylic acids is 1. The molecule has 0 spiro atoms.